The molecule has 0 aliphatic carbocycles. The largest absolute Gasteiger partial charge is 0.496 e. The fourth-order valence-corrected chi connectivity index (χ4v) is 2.95. The average molecular weight is 322 g/mol. The van der Waals surface area contributed by atoms with Crippen LogP contribution in [0.3, 0.4) is 0 Å². The minimum atomic E-state index is -1.13. The van der Waals surface area contributed by atoms with Gasteiger partial charge in [0.2, 0.25) is 0 Å². The van der Waals surface area contributed by atoms with Crippen molar-refractivity contribution in [2.24, 2.45) is 0 Å². The van der Waals surface area contributed by atoms with Crippen LogP contribution in [0, 0.1) is 5.82 Å². The number of hydrogen-bond donors (Lipinski definition) is 0. The summed E-state index contributed by atoms with van der Waals surface area (Å²) in [5.41, 5.74) is 1.32. The van der Waals surface area contributed by atoms with E-state index < -0.39 is 8.07 Å². The van der Waals surface area contributed by atoms with Gasteiger partial charge in [0.1, 0.15) is 18.3 Å². The molecule has 0 amide bonds. The molecular formula is C16H23FN2O2Si. The second kappa shape index (κ2) is 6.62. The molecule has 0 fully saturated rings. The van der Waals surface area contributed by atoms with Crippen molar-refractivity contribution in [1.29, 1.82) is 0 Å². The Morgan fingerprint density at radius 1 is 1.36 bits per heavy atom. The van der Waals surface area contributed by atoms with Crippen molar-refractivity contribution in [2.75, 3.05) is 13.7 Å². The molecule has 0 N–H and O–H groups in total. The summed E-state index contributed by atoms with van der Waals surface area (Å²) in [5, 5.41) is 5.19. The van der Waals surface area contributed by atoms with Crippen LogP contribution in [0.5, 0.6) is 5.75 Å². The summed E-state index contributed by atoms with van der Waals surface area (Å²) in [6.45, 7) is 11.6. The summed E-state index contributed by atoms with van der Waals surface area (Å²) in [4.78, 5) is 0. The third kappa shape index (κ3) is 3.75. The zero-order valence-corrected chi connectivity index (χ0v) is 14.6. The molecule has 0 radical (unpaired) electrons. The third-order valence-electron chi connectivity index (χ3n) is 3.43. The summed E-state index contributed by atoms with van der Waals surface area (Å²) in [6.07, 6.45) is 1.64. The molecule has 0 unspecified atom stereocenters. The highest BCUT2D eigenvalue weighted by molar-refractivity contribution is 6.76. The number of fused-ring (bicyclic) bond motifs is 1. The monoisotopic (exact) mass is 322 g/mol. The molecule has 22 heavy (non-hydrogen) atoms. The van der Waals surface area contributed by atoms with E-state index in [2.05, 4.69) is 31.3 Å². The normalized spacial score (nSPS) is 11.9. The van der Waals surface area contributed by atoms with E-state index in [4.69, 9.17) is 9.47 Å². The van der Waals surface area contributed by atoms with Crippen LogP contribution in [-0.2, 0) is 11.5 Å². The molecular weight excluding hydrogens is 299 g/mol. The molecule has 0 saturated heterocycles. The second-order valence-electron chi connectivity index (χ2n) is 6.44. The molecule has 1 aromatic carbocycles. The van der Waals surface area contributed by atoms with Crippen molar-refractivity contribution in [2.45, 2.75) is 32.4 Å². The van der Waals surface area contributed by atoms with E-state index in [9.17, 15) is 4.39 Å². The van der Waals surface area contributed by atoms with E-state index in [0.717, 1.165) is 11.4 Å². The molecule has 4 nitrogen and oxygen atoms in total. The van der Waals surface area contributed by atoms with E-state index in [0.29, 0.717) is 30.3 Å². The number of aromatic nitrogens is 2. The Bertz CT molecular complexity index is 677. The Morgan fingerprint density at radius 3 is 2.68 bits per heavy atom. The Balaban J connectivity index is 2.27. The van der Waals surface area contributed by atoms with Gasteiger partial charge in [0.25, 0.3) is 0 Å². The van der Waals surface area contributed by atoms with Crippen molar-refractivity contribution in [1.82, 2.24) is 9.78 Å². The summed E-state index contributed by atoms with van der Waals surface area (Å²) in [5.74, 6) is 0.0986. The Kier molecular flexibility index (Phi) is 5.03. The van der Waals surface area contributed by atoms with Crippen LogP contribution in [0.4, 0.5) is 4.39 Å². The van der Waals surface area contributed by atoms with Crippen LogP contribution in [-0.4, -0.2) is 31.6 Å². The molecule has 1 aromatic heterocycles. The fourth-order valence-electron chi connectivity index (χ4n) is 2.19. The summed E-state index contributed by atoms with van der Waals surface area (Å²) in [6, 6.07) is 3.88. The van der Waals surface area contributed by atoms with E-state index in [1.165, 1.54) is 19.2 Å². The van der Waals surface area contributed by atoms with Gasteiger partial charge in [-0.2, -0.15) is 5.10 Å². The number of halogens is 1. The van der Waals surface area contributed by atoms with Gasteiger partial charge in [0, 0.05) is 26.8 Å². The van der Waals surface area contributed by atoms with Crippen LogP contribution in [0.2, 0.25) is 25.7 Å². The zero-order valence-electron chi connectivity index (χ0n) is 13.6. The first-order valence-corrected chi connectivity index (χ1v) is 11.0. The van der Waals surface area contributed by atoms with Gasteiger partial charge in [-0.3, -0.25) is 0 Å². The lowest BCUT2D eigenvalue weighted by Gasteiger charge is -2.15. The predicted octanol–water partition coefficient (Wildman–Crippen LogP) is 4.14. The first-order chi connectivity index (χ1) is 10.4. The highest BCUT2D eigenvalue weighted by Gasteiger charge is 2.16. The lowest BCUT2D eigenvalue weighted by molar-refractivity contribution is 0.0816. The minimum absolute atomic E-state index is 0.293. The number of rotatable bonds is 7. The summed E-state index contributed by atoms with van der Waals surface area (Å²) >= 11 is 0. The van der Waals surface area contributed by atoms with Gasteiger partial charge in [-0.15, -0.1) is 0 Å². The molecule has 0 aliphatic rings. The number of ether oxygens (including phenoxy) is 2. The lowest BCUT2D eigenvalue weighted by atomic mass is 10.2. The van der Waals surface area contributed by atoms with Crippen LogP contribution in [0.25, 0.3) is 17.0 Å². The van der Waals surface area contributed by atoms with E-state index in [1.807, 2.05) is 0 Å². The van der Waals surface area contributed by atoms with E-state index >= 15 is 0 Å². The predicted molar refractivity (Wildman–Crippen MR) is 90.4 cm³/mol. The Hall–Kier alpha value is -1.66. The van der Waals surface area contributed by atoms with Gasteiger partial charge in [-0.05, 0) is 12.1 Å². The lowest BCUT2D eigenvalue weighted by Crippen LogP contribution is -2.22. The second-order valence-corrected chi connectivity index (χ2v) is 12.1. The maximum Gasteiger partial charge on any atom is 0.140 e. The number of nitrogens with zero attached hydrogens (tertiary/aromatic N) is 2. The topological polar surface area (TPSA) is 36.3 Å². The highest BCUT2D eigenvalue weighted by Crippen LogP contribution is 2.30. The summed E-state index contributed by atoms with van der Waals surface area (Å²) in [7, 11) is 0.391. The van der Waals surface area contributed by atoms with Gasteiger partial charge >= 0.3 is 0 Å². The average Bonchev–Trinajstić information content (AvgIpc) is 2.79. The molecule has 0 aliphatic heterocycles. The van der Waals surface area contributed by atoms with Crippen molar-refractivity contribution < 1.29 is 13.9 Å². The van der Waals surface area contributed by atoms with Crippen LogP contribution < -0.4 is 4.74 Å². The number of methoxy groups -OCH3 is 1. The zero-order chi connectivity index (χ0) is 16.3. The molecule has 0 bridgehead atoms. The van der Waals surface area contributed by atoms with Gasteiger partial charge in [-0.25, -0.2) is 9.07 Å². The Morgan fingerprint density at radius 2 is 2.09 bits per heavy atom. The van der Waals surface area contributed by atoms with Crippen LogP contribution in [0.1, 0.15) is 5.69 Å². The first kappa shape index (κ1) is 16.7. The van der Waals surface area contributed by atoms with Gasteiger partial charge in [0.15, 0.2) is 0 Å². The SMILES string of the molecule is C=Cc1nn(COCC[Si](C)(C)C)c2cc(F)cc(OC)c12. The maximum absolute atomic E-state index is 13.7. The quantitative estimate of drug-likeness (QED) is 0.568. The third-order valence-corrected chi connectivity index (χ3v) is 5.14. The van der Waals surface area contributed by atoms with Gasteiger partial charge < -0.3 is 9.47 Å². The Labute approximate surface area is 131 Å². The molecule has 2 rings (SSSR count). The molecule has 0 atom stereocenters. The molecule has 0 saturated carbocycles. The van der Waals surface area contributed by atoms with Crippen molar-refractivity contribution >= 4 is 25.1 Å². The molecule has 1 heterocycles. The maximum atomic E-state index is 13.7. The molecule has 2 aromatic rings. The van der Waals surface area contributed by atoms with Crippen molar-refractivity contribution in [3.05, 3.63) is 30.2 Å². The first-order valence-electron chi connectivity index (χ1n) is 7.30. The van der Waals surface area contributed by atoms with Gasteiger partial charge in [0.05, 0.1) is 23.7 Å². The standard InChI is InChI=1S/C16H23FN2O2Si/c1-6-13-16-14(9-12(17)10-15(16)20-2)19(18-13)11-21-7-8-22(3,4)5/h6,9-10H,1,7-8,11H2,2-5H3. The van der Waals surface area contributed by atoms with E-state index in [-0.39, 0.29) is 5.82 Å². The van der Waals surface area contributed by atoms with Crippen molar-refractivity contribution in [3.8, 4) is 5.75 Å². The highest BCUT2D eigenvalue weighted by atomic mass is 28.3. The molecule has 0 spiro atoms. The van der Waals surface area contributed by atoms with Gasteiger partial charge in [-0.1, -0.05) is 26.2 Å². The number of benzene rings is 1. The van der Waals surface area contributed by atoms with Crippen LogP contribution in [0.15, 0.2) is 18.7 Å². The minimum Gasteiger partial charge on any atom is -0.496 e. The van der Waals surface area contributed by atoms with E-state index in [1.54, 1.807) is 10.8 Å². The molecule has 6 heteroatoms. The fraction of sp³-hybridized carbons (Fsp3) is 0.438. The smallest absolute Gasteiger partial charge is 0.140 e. The molecule has 120 valence electrons. The van der Waals surface area contributed by atoms with Crippen molar-refractivity contribution in [3.63, 3.8) is 0 Å². The number of hydrogen-bond acceptors (Lipinski definition) is 3. The van der Waals surface area contributed by atoms with Crippen LogP contribution >= 0.6 is 0 Å². The summed E-state index contributed by atoms with van der Waals surface area (Å²) < 4.78 is 26.4.